The molecular weight excluding hydrogens is 300 g/mol. The number of allylic oxidation sites excluding steroid dienone is 4. The molecule has 0 saturated carbocycles. The van der Waals surface area contributed by atoms with E-state index >= 15 is 0 Å². The fourth-order valence-electron chi connectivity index (χ4n) is 2.64. The van der Waals surface area contributed by atoms with E-state index in [1.165, 1.54) is 17.5 Å². The average molecular weight is 343 g/mol. The number of hydrogen-bond acceptors (Lipinski definition) is 0. The van der Waals surface area contributed by atoms with Crippen molar-refractivity contribution in [2.75, 3.05) is 0 Å². The molecule has 0 aliphatic heterocycles. The zero-order valence-electron chi connectivity index (χ0n) is 18.5. The van der Waals surface area contributed by atoms with Crippen molar-refractivity contribution >= 4 is 0 Å². The minimum Gasteiger partial charge on any atom is -0.0683 e. The molecule has 0 aromatic heterocycles. The maximum atomic E-state index is 2.31. The van der Waals surface area contributed by atoms with E-state index in [2.05, 4.69) is 91.8 Å². The van der Waals surface area contributed by atoms with Crippen LogP contribution in [0.15, 0.2) is 47.6 Å². The lowest BCUT2D eigenvalue weighted by Gasteiger charge is -2.10. The van der Waals surface area contributed by atoms with Gasteiger partial charge in [0.2, 0.25) is 0 Å². The maximum Gasteiger partial charge on any atom is -0.00971 e. The Hall–Kier alpha value is -1.30. The van der Waals surface area contributed by atoms with Gasteiger partial charge in [0.25, 0.3) is 0 Å². The zero-order valence-corrected chi connectivity index (χ0v) is 18.5. The van der Waals surface area contributed by atoms with E-state index in [9.17, 15) is 0 Å². The first kappa shape index (κ1) is 23.7. The largest absolute Gasteiger partial charge is 0.0683 e. The van der Waals surface area contributed by atoms with Crippen molar-refractivity contribution < 1.29 is 0 Å². The van der Waals surface area contributed by atoms with Gasteiger partial charge in [0.05, 0.1) is 0 Å². The number of rotatable bonds is 4. The van der Waals surface area contributed by atoms with Crippen LogP contribution in [-0.4, -0.2) is 0 Å². The first-order valence-corrected chi connectivity index (χ1v) is 10.2. The van der Waals surface area contributed by atoms with Crippen LogP contribution in [0.2, 0.25) is 0 Å². The molecule has 0 fully saturated rings. The van der Waals surface area contributed by atoms with Crippen LogP contribution < -0.4 is 0 Å². The lowest BCUT2D eigenvalue weighted by molar-refractivity contribution is 0.696. The van der Waals surface area contributed by atoms with Gasteiger partial charge in [-0.25, -0.2) is 0 Å². The third kappa shape index (κ3) is 8.56. The van der Waals surface area contributed by atoms with E-state index in [1.807, 2.05) is 13.8 Å². The molecule has 2 rings (SSSR count). The number of benzene rings is 1. The SMILES string of the molecule is CC.CC(C)C1=CC=C(C(C)C)C1.CC(C)c1cccc(C(C)C)c1. The average Bonchev–Trinajstić information content (AvgIpc) is 3.08. The first-order chi connectivity index (χ1) is 11.7. The van der Waals surface area contributed by atoms with Crippen LogP contribution in [-0.2, 0) is 0 Å². The third-order valence-electron chi connectivity index (χ3n) is 4.65. The highest BCUT2D eigenvalue weighted by Gasteiger charge is 2.12. The summed E-state index contributed by atoms with van der Waals surface area (Å²) in [5.41, 5.74) is 6.07. The second-order valence-corrected chi connectivity index (χ2v) is 7.95. The van der Waals surface area contributed by atoms with Gasteiger partial charge in [-0.15, -0.1) is 0 Å². The summed E-state index contributed by atoms with van der Waals surface area (Å²) in [6, 6.07) is 8.88. The molecule has 0 N–H and O–H groups in total. The Bertz CT molecular complexity index is 494. The van der Waals surface area contributed by atoms with Gasteiger partial charge in [-0.2, -0.15) is 0 Å². The van der Waals surface area contributed by atoms with Crippen molar-refractivity contribution in [1.29, 1.82) is 0 Å². The Morgan fingerprint density at radius 1 is 0.600 bits per heavy atom. The predicted molar refractivity (Wildman–Crippen MR) is 116 cm³/mol. The van der Waals surface area contributed by atoms with Gasteiger partial charge < -0.3 is 0 Å². The molecule has 0 heteroatoms. The van der Waals surface area contributed by atoms with E-state index in [4.69, 9.17) is 0 Å². The van der Waals surface area contributed by atoms with Crippen LogP contribution in [0.5, 0.6) is 0 Å². The van der Waals surface area contributed by atoms with E-state index in [1.54, 1.807) is 11.1 Å². The zero-order chi connectivity index (χ0) is 19.6. The second kappa shape index (κ2) is 12.1. The maximum absolute atomic E-state index is 2.31. The minimum absolute atomic E-state index is 0.642. The highest BCUT2D eigenvalue weighted by atomic mass is 14.2. The van der Waals surface area contributed by atoms with Gasteiger partial charge >= 0.3 is 0 Å². The molecule has 0 bridgehead atoms. The quantitative estimate of drug-likeness (QED) is 0.514. The Morgan fingerprint density at radius 3 is 1.20 bits per heavy atom. The van der Waals surface area contributed by atoms with Crippen molar-refractivity contribution in [2.45, 2.75) is 87.5 Å². The summed E-state index contributed by atoms with van der Waals surface area (Å²) in [5, 5.41) is 0. The Balaban J connectivity index is 0.000000421. The molecule has 0 nitrogen and oxygen atoms in total. The summed E-state index contributed by atoms with van der Waals surface area (Å²) >= 11 is 0. The van der Waals surface area contributed by atoms with Crippen LogP contribution in [0.3, 0.4) is 0 Å². The van der Waals surface area contributed by atoms with E-state index < -0.39 is 0 Å². The molecule has 0 heterocycles. The molecule has 1 aromatic carbocycles. The summed E-state index contributed by atoms with van der Waals surface area (Å²) in [6.07, 6.45) is 5.80. The van der Waals surface area contributed by atoms with Crippen LogP contribution in [0.25, 0.3) is 0 Å². The predicted octanol–water partition coefficient (Wildman–Crippen LogP) is 8.51. The molecule has 0 saturated heterocycles. The van der Waals surface area contributed by atoms with Crippen LogP contribution in [0.4, 0.5) is 0 Å². The van der Waals surface area contributed by atoms with E-state index in [-0.39, 0.29) is 0 Å². The van der Waals surface area contributed by atoms with Crippen molar-refractivity contribution in [1.82, 2.24) is 0 Å². The molecule has 0 amide bonds. The third-order valence-corrected chi connectivity index (χ3v) is 4.65. The normalized spacial score (nSPS) is 13.4. The van der Waals surface area contributed by atoms with E-state index in [0.717, 1.165) is 11.8 Å². The standard InChI is InChI=1S/C12H18.C11H18.C2H6/c1-9(2)11-6-5-7-12(8-11)10(3)4;1-8(2)10-5-6-11(7-10)9(3)4;1-2/h5-10H,1-4H3;5-6,8-9H,7H2,1-4H3;1-2H3. The summed E-state index contributed by atoms with van der Waals surface area (Å²) in [4.78, 5) is 0. The molecule has 0 unspecified atom stereocenters. The smallest absolute Gasteiger partial charge is 0.00971 e. The van der Waals surface area contributed by atoms with Gasteiger partial charge in [0, 0.05) is 0 Å². The van der Waals surface area contributed by atoms with Crippen LogP contribution >= 0.6 is 0 Å². The summed E-state index contributed by atoms with van der Waals surface area (Å²) in [7, 11) is 0. The lowest BCUT2D eigenvalue weighted by atomic mass is 9.95. The van der Waals surface area contributed by atoms with Crippen molar-refractivity contribution in [2.24, 2.45) is 11.8 Å². The van der Waals surface area contributed by atoms with Gasteiger partial charge in [0.15, 0.2) is 0 Å². The van der Waals surface area contributed by atoms with Crippen molar-refractivity contribution in [3.8, 4) is 0 Å². The molecular formula is C25H42. The van der Waals surface area contributed by atoms with Crippen molar-refractivity contribution in [3.63, 3.8) is 0 Å². The lowest BCUT2D eigenvalue weighted by Crippen LogP contribution is -1.95. The minimum atomic E-state index is 0.642. The Kier molecular flexibility index (Phi) is 11.5. The van der Waals surface area contributed by atoms with Gasteiger partial charge in [0.1, 0.15) is 0 Å². The molecule has 0 atom stereocenters. The Labute approximate surface area is 158 Å². The fraction of sp³-hybridized carbons (Fsp3) is 0.600. The van der Waals surface area contributed by atoms with Crippen LogP contribution in [0, 0.1) is 11.8 Å². The molecule has 25 heavy (non-hydrogen) atoms. The molecule has 142 valence electrons. The summed E-state index contributed by atoms with van der Waals surface area (Å²) in [5.74, 6) is 2.73. The molecule has 0 radical (unpaired) electrons. The van der Waals surface area contributed by atoms with Crippen molar-refractivity contribution in [3.05, 3.63) is 58.7 Å². The summed E-state index contributed by atoms with van der Waals surface area (Å²) in [6.45, 7) is 22.0. The highest BCUT2D eigenvalue weighted by molar-refractivity contribution is 5.32. The fourth-order valence-corrected chi connectivity index (χ4v) is 2.64. The monoisotopic (exact) mass is 342 g/mol. The molecule has 1 aliphatic carbocycles. The second-order valence-electron chi connectivity index (χ2n) is 7.95. The van der Waals surface area contributed by atoms with Gasteiger partial charge in [-0.3, -0.25) is 0 Å². The molecule has 1 aromatic rings. The van der Waals surface area contributed by atoms with Gasteiger partial charge in [-0.05, 0) is 41.2 Å². The Morgan fingerprint density at radius 2 is 0.960 bits per heavy atom. The van der Waals surface area contributed by atoms with Gasteiger partial charge in [-0.1, -0.05) is 117 Å². The summed E-state index contributed by atoms with van der Waals surface area (Å²) < 4.78 is 0. The molecule has 1 aliphatic rings. The number of hydrogen-bond donors (Lipinski definition) is 0. The van der Waals surface area contributed by atoms with Crippen LogP contribution in [0.1, 0.15) is 98.6 Å². The molecule has 0 spiro atoms. The first-order valence-electron chi connectivity index (χ1n) is 10.2. The topological polar surface area (TPSA) is 0 Å². The van der Waals surface area contributed by atoms with E-state index in [0.29, 0.717) is 11.8 Å². The highest BCUT2D eigenvalue weighted by Crippen LogP contribution is 2.29.